The normalized spacial score (nSPS) is 32.3. The van der Waals surface area contributed by atoms with Crippen molar-refractivity contribution in [3.63, 3.8) is 0 Å². The van der Waals surface area contributed by atoms with Crippen molar-refractivity contribution >= 4 is 25.5 Å². The van der Waals surface area contributed by atoms with Crippen molar-refractivity contribution < 1.29 is 56.7 Å². The molecule has 2 bridgehead atoms. The zero-order valence-electron chi connectivity index (χ0n) is 32.4. The van der Waals surface area contributed by atoms with Gasteiger partial charge in [-0.05, 0) is 75.8 Å². The topological polar surface area (TPSA) is 192 Å². The van der Waals surface area contributed by atoms with Crippen molar-refractivity contribution in [3.8, 4) is 0 Å². The number of nitrogens with one attached hydrogen (secondary N) is 2. The highest BCUT2D eigenvalue weighted by Gasteiger charge is 2.69. The van der Waals surface area contributed by atoms with Crippen molar-refractivity contribution in [2.75, 3.05) is 19.8 Å². The predicted octanol–water partition coefficient (Wildman–Crippen LogP) is 5.84. The van der Waals surface area contributed by atoms with Crippen LogP contribution in [0.2, 0.25) is 0 Å². The maximum Gasteiger partial charge on any atom is 0.405 e. The second-order valence-electron chi connectivity index (χ2n) is 15.3. The summed E-state index contributed by atoms with van der Waals surface area (Å²) in [5, 5.41) is 5.70. The number of carbonyl (C=O) groups excluding carboxylic acids is 3. The number of rotatable bonds is 17. The first-order valence-corrected chi connectivity index (χ1v) is 20.8. The smallest absolute Gasteiger partial charge is 0.405 e. The Bertz CT molecular complexity index is 1520. The van der Waals surface area contributed by atoms with Crippen molar-refractivity contribution in [1.29, 1.82) is 0 Å². The molecule has 16 heteroatoms. The van der Waals surface area contributed by atoms with Gasteiger partial charge in [0, 0.05) is 24.1 Å². The lowest BCUT2D eigenvalue weighted by molar-refractivity contribution is -0.577. The monoisotopic (exact) mass is 779 g/mol. The van der Waals surface area contributed by atoms with Crippen LogP contribution in [0.25, 0.3) is 0 Å². The molecule has 1 aromatic rings. The van der Waals surface area contributed by atoms with Gasteiger partial charge in [-0.1, -0.05) is 58.0 Å². The third-order valence-corrected chi connectivity index (χ3v) is 12.7. The molecule has 5 fully saturated rings. The molecule has 4 aliphatic heterocycles. The van der Waals surface area contributed by atoms with E-state index in [9.17, 15) is 18.9 Å². The summed E-state index contributed by atoms with van der Waals surface area (Å²) in [6, 6.07) is 7.25. The number of ether oxygens (including phenoxy) is 4. The minimum Gasteiger partial charge on any atom is -0.434 e. The third kappa shape index (κ3) is 9.55. The van der Waals surface area contributed by atoms with Crippen LogP contribution in [0.1, 0.15) is 92.2 Å². The molecule has 6 rings (SSSR count). The van der Waals surface area contributed by atoms with Gasteiger partial charge in [0.05, 0.1) is 25.9 Å². The van der Waals surface area contributed by atoms with Gasteiger partial charge < -0.3 is 44.4 Å². The van der Waals surface area contributed by atoms with E-state index in [1.165, 1.54) is 5.82 Å². The summed E-state index contributed by atoms with van der Waals surface area (Å²) in [5.41, 5.74) is 5.30. The van der Waals surface area contributed by atoms with Crippen molar-refractivity contribution in [2.45, 2.75) is 123 Å². The Kier molecular flexibility index (Phi) is 14.0. The summed E-state index contributed by atoms with van der Waals surface area (Å²) < 4.78 is 48.4. The van der Waals surface area contributed by atoms with E-state index < -0.39 is 74.3 Å². The zero-order chi connectivity index (χ0) is 39.3. The fraction of sp³-hybridized carbons (Fsp3) is 0.711. The van der Waals surface area contributed by atoms with E-state index >= 15 is 0 Å². The minimum atomic E-state index is -3.59. The van der Waals surface area contributed by atoms with Gasteiger partial charge in [-0.2, -0.15) is 0 Å². The van der Waals surface area contributed by atoms with Crippen molar-refractivity contribution in [1.82, 2.24) is 10.6 Å². The fourth-order valence-corrected chi connectivity index (χ4v) is 9.70. The molecule has 4 N–H and O–H groups in total. The Balaban J connectivity index is 1.31. The molecule has 54 heavy (non-hydrogen) atoms. The number of fused-ring (bicyclic) bond motifs is 2. The Morgan fingerprint density at radius 3 is 2.35 bits per heavy atom. The highest BCUT2D eigenvalue weighted by atomic mass is 31.2. The Morgan fingerprint density at radius 1 is 1.00 bits per heavy atom. The number of carbonyl (C=O) groups is 3. The lowest BCUT2D eigenvalue weighted by Crippen LogP contribution is -2.70. The van der Waals surface area contributed by atoms with Crippen LogP contribution >= 0.6 is 7.60 Å². The van der Waals surface area contributed by atoms with E-state index in [0.717, 1.165) is 19.3 Å². The third-order valence-electron chi connectivity index (χ3n) is 10.9. The van der Waals surface area contributed by atoms with Crippen molar-refractivity contribution in [2.24, 2.45) is 35.3 Å². The maximum absolute atomic E-state index is 13.9. The predicted molar refractivity (Wildman–Crippen MR) is 196 cm³/mol. The van der Waals surface area contributed by atoms with Gasteiger partial charge in [0.15, 0.2) is 18.2 Å². The van der Waals surface area contributed by atoms with Crippen LogP contribution in [-0.4, -0.2) is 73.8 Å². The molecular weight excluding hydrogens is 721 g/mol. The number of nitrogens with two attached hydrogens (primary N) is 1. The zero-order valence-corrected chi connectivity index (χ0v) is 33.3. The maximum atomic E-state index is 13.9. The first-order valence-electron chi connectivity index (χ1n) is 19.1. The molecule has 4 saturated heterocycles. The number of amides is 3. The molecule has 1 aromatic carbocycles. The Morgan fingerprint density at radius 2 is 1.70 bits per heavy atom. The van der Waals surface area contributed by atoms with Gasteiger partial charge >= 0.3 is 13.7 Å². The van der Waals surface area contributed by atoms with Gasteiger partial charge in [0.1, 0.15) is 6.04 Å². The molecule has 0 unspecified atom stereocenters. The van der Waals surface area contributed by atoms with Crippen LogP contribution in [-0.2, 0) is 51.9 Å². The first-order chi connectivity index (χ1) is 25.6. The SMILES string of the molecule is CCOP(=O)(/C=C/[C@@H](NC(=O)[C@H](CC(C)C)NC(=O)[C@H](CO[C@H]1O[C@@H]2O[C@@]3(C)CC[C@H]4[C@H](C)CC[C@@H]([C@H]1C)[C@@]24OO3)OC(N)=O)c1ccccc1)OCC. The van der Waals surface area contributed by atoms with Gasteiger partial charge in [0.25, 0.3) is 5.91 Å². The summed E-state index contributed by atoms with van der Waals surface area (Å²) in [6.45, 7) is 13.2. The quantitative estimate of drug-likeness (QED) is 0.127. The van der Waals surface area contributed by atoms with E-state index in [2.05, 4.69) is 17.6 Å². The fourth-order valence-electron chi connectivity index (χ4n) is 8.35. The molecule has 1 spiro atoms. The van der Waals surface area contributed by atoms with E-state index in [-0.39, 0.29) is 43.3 Å². The summed E-state index contributed by atoms with van der Waals surface area (Å²) in [7, 11) is -3.59. The lowest BCUT2D eigenvalue weighted by Gasteiger charge is -2.60. The first kappa shape index (κ1) is 42.3. The number of benzene rings is 1. The highest BCUT2D eigenvalue weighted by molar-refractivity contribution is 7.57. The Hall–Kier alpha value is -2.88. The number of hydrogen-bond acceptors (Lipinski definition) is 12. The van der Waals surface area contributed by atoms with E-state index in [4.69, 9.17) is 43.5 Å². The van der Waals surface area contributed by atoms with Crippen molar-refractivity contribution in [3.05, 3.63) is 47.8 Å². The van der Waals surface area contributed by atoms with Gasteiger partial charge in [-0.15, -0.1) is 0 Å². The number of hydrogen-bond donors (Lipinski definition) is 3. The Labute approximate surface area is 318 Å². The molecule has 302 valence electrons. The molecule has 1 aliphatic carbocycles. The van der Waals surface area contributed by atoms with Crippen LogP contribution in [0.15, 0.2) is 42.2 Å². The van der Waals surface area contributed by atoms with Gasteiger partial charge in [-0.3, -0.25) is 14.2 Å². The lowest BCUT2D eigenvalue weighted by atomic mass is 9.58. The van der Waals surface area contributed by atoms with Gasteiger partial charge in [-0.25, -0.2) is 14.6 Å². The molecule has 1 saturated carbocycles. The number of primary amides is 1. The summed E-state index contributed by atoms with van der Waals surface area (Å²) >= 11 is 0. The van der Waals surface area contributed by atoms with Crippen LogP contribution < -0.4 is 16.4 Å². The highest BCUT2D eigenvalue weighted by Crippen LogP contribution is 2.60. The summed E-state index contributed by atoms with van der Waals surface area (Å²) in [6.07, 6.45) is 0.845. The molecule has 5 aliphatic rings. The second kappa shape index (κ2) is 17.9. The molecule has 0 aromatic heterocycles. The molecule has 4 heterocycles. The molecule has 3 amide bonds. The molecule has 0 radical (unpaired) electrons. The largest absolute Gasteiger partial charge is 0.434 e. The van der Waals surface area contributed by atoms with Gasteiger partial charge in [0.2, 0.25) is 17.8 Å². The van der Waals surface area contributed by atoms with Crippen LogP contribution in [0.4, 0.5) is 4.79 Å². The summed E-state index contributed by atoms with van der Waals surface area (Å²) in [5.74, 6) is -0.673. The van der Waals surface area contributed by atoms with E-state index in [0.29, 0.717) is 17.9 Å². The molecular formula is C38H58N3O12P. The average Bonchev–Trinajstić information content (AvgIpc) is 3.35. The molecule has 11 atom stereocenters. The van der Waals surface area contributed by atoms with E-state index in [1.54, 1.807) is 32.1 Å². The minimum absolute atomic E-state index is 0.0246. The second-order valence-corrected chi connectivity index (χ2v) is 17.2. The average molecular weight is 780 g/mol. The molecule has 15 nitrogen and oxygen atoms in total. The van der Waals surface area contributed by atoms with E-state index in [1.807, 2.05) is 45.9 Å². The standard InChI is InChI=1S/C38H58N3O12P/c1-8-47-54(45,48-9-2)20-18-29(26-13-11-10-12-14-26)40-32(42)30(21-23(3)4)41-33(43)31(49-36(39)44)22-46-34-25(6)28-16-15-24(5)27-17-19-37(7)51-35(50-34)38(27,28)53-52-37/h10-14,18,20,23-25,27-31,34-35H,8-9,15-17,19,21-22H2,1-7H3,(H2,39,44)(H,40,42)(H,41,43)/b20-18+/t24-,25-,27+,28+,29-,30+,31+,34+,35-,37-,38-/m1/s1. The van der Waals surface area contributed by atoms with Crippen LogP contribution in [0, 0.1) is 29.6 Å². The van der Waals surface area contributed by atoms with Crippen LogP contribution in [0.5, 0.6) is 0 Å². The van der Waals surface area contributed by atoms with Crippen LogP contribution in [0.3, 0.4) is 0 Å². The summed E-state index contributed by atoms with van der Waals surface area (Å²) in [4.78, 5) is 51.9.